The maximum Gasteiger partial charge on any atom is 0.229 e. The van der Waals surface area contributed by atoms with E-state index in [4.69, 9.17) is 14.2 Å². The zero-order chi connectivity index (χ0) is 27.0. The molecule has 0 heterocycles. The van der Waals surface area contributed by atoms with Crippen molar-refractivity contribution in [2.45, 2.75) is 32.0 Å². The molecule has 0 aliphatic heterocycles. The van der Waals surface area contributed by atoms with Gasteiger partial charge in [0.15, 0.2) is 0 Å². The maximum absolute atomic E-state index is 11.9. The molecule has 9 heteroatoms. The number of nitrogens with one attached hydrogen (secondary N) is 2. The van der Waals surface area contributed by atoms with E-state index in [0.29, 0.717) is 30.6 Å². The summed E-state index contributed by atoms with van der Waals surface area (Å²) in [5.74, 6) is 2.23. The number of aliphatic hydroxyl groups excluding tert-OH is 1. The molecule has 0 saturated heterocycles. The predicted octanol–water partition coefficient (Wildman–Crippen LogP) is 3.78. The van der Waals surface area contributed by atoms with Gasteiger partial charge in [-0.3, -0.25) is 4.72 Å². The van der Waals surface area contributed by atoms with Gasteiger partial charge in [0, 0.05) is 12.6 Å². The third kappa shape index (κ3) is 8.37. The van der Waals surface area contributed by atoms with Crippen LogP contribution in [0.25, 0.3) is 0 Å². The highest BCUT2D eigenvalue weighted by atomic mass is 32.2. The van der Waals surface area contributed by atoms with E-state index in [9.17, 15) is 13.5 Å². The van der Waals surface area contributed by atoms with Crippen molar-refractivity contribution in [3.8, 4) is 17.2 Å². The standard InChI is InChI=1S/C29H36N2O6S/c1-35-26-11-10-23-14-22(8-9-24(23)15-26)17-30-18-25(32)20-36-27-12-13-29(28(16-27)31-38(2,33)34)37-19-21-6-4-3-5-7-21/h3-7,10-13,15-16,22,25,30-32H,8-9,14,17-20H2,1-2H3/t22?,25-/m0/s1. The molecule has 0 fully saturated rings. The summed E-state index contributed by atoms with van der Waals surface area (Å²) in [5.41, 5.74) is 3.97. The Bertz CT molecular complexity index is 1300. The van der Waals surface area contributed by atoms with Gasteiger partial charge in [-0.05, 0) is 72.7 Å². The minimum absolute atomic E-state index is 0.0723. The van der Waals surface area contributed by atoms with Crippen molar-refractivity contribution in [1.82, 2.24) is 5.32 Å². The summed E-state index contributed by atoms with van der Waals surface area (Å²) in [6.07, 6.45) is 3.50. The quantitative estimate of drug-likeness (QED) is 0.303. The lowest BCUT2D eigenvalue weighted by molar-refractivity contribution is 0.105. The highest BCUT2D eigenvalue weighted by Crippen LogP contribution is 2.31. The van der Waals surface area contributed by atoms with E-state index in [1.54, 1.807) is 25.3 Å². The van der Waals surface area contributed by atoms with Crippen LogP contribution >= 0.6 is 0 Å². The topological polar surface area (TPSA) is 106 Å². The van der Waals surface area contributed by atoms with E-state index < -0.39 is 16.1 Å². The molecule has 8 nitrogen and oxygen atoms in total. The van der Waals surface area contributed by atoms with Crippen LogP contribution in [0.3, 0.4) is 0 Å². The Morgan fingerprint density at radius 1 is 1.00 bits per heavy atom. The average Bonchev–Trinajstić information content (AvgIpc) is 2.90. The van der Waals surface area contributed by atoms with Gasteiger partial charge in [0.05, 0.1) is 19.1 Å². The van der Waals surface area contributed by atoms with Gasteiger partial charge in [0.2, 0.25) is 10.0 Å². The van der Waals surface area contributed by atoms with Crippen molar-refractivity contribution in [3.05, 3.63) is 83.4 Å². The molecule has 3 aromatic rings. The van der Waals surface area contributed by atoms with E-state index in [1.165, 1.54) is 11.1 Å². The van der Waals surface area contributed by atoms with Gasteiger partial charge < -0.3 is 24.6 Å². The highest BCUT2D eigenvalue weighted by molar-refractivity contribution is 7.92. The number of benzene rings is 3. The molecule has 0 spiro atoms. The minimum Gasteiger partial charge on any atom is -0.497 e. The van der Waals surface area contributed by atoms with Crippen molar-refractivity contribution in [2.24, 2.45) is 5.92 Å². The number of rotatable bonds is 13. The van der Waals surface area contributed by atoms with Crippen molar-refractivity contribution < 1.29 is 27.7 Å². The van der Waals surface area contributed by atoms with Crippen LogP contribution in [-0.2, 0) is 29.5 Å². The zero-order valence-electron chi connectivity index (χ0n) is 21.9. The molecule has 0 bridgehead atoms. The lowest BCUT2D eigenvalue weighted by Gasteiger charge is -2.25. The molecule has 0 aromatic heterocycles. The number of anilines is 1. The Hall–Kier alpha value is -3.27. The first-order chi connectivity index (χ1) is 18.3. The Labute approximate surface area is 225 Å². The fourth-order valence-corrected chi connectivity index (χ4v) is 5.11. The number of methoxy groups -OCH3 is 1. The number of hydrogen-bond acceptors (Lipinski definition) is 7. The summed E-state index contributed by atoms with van der Waals surface area (Å²) in [5, 5.41) is 13.8. The summed E-state index contributed by atoms with van der Waals surface area (Å²) in [6.45, 7) is 1.59. The first-order valence-corrected chi connectivity index (χ1v) is 14.6. The third-order valence-electron chi connectivity index (χ3n) is 6.48. The van der Waals surface area contributed by atoms with Crippen LogP contribution in [0, 0.1) is 5.92 Å². The molecular weight excluding hydrogens is 504 g/mol. The Morgan fingerprint density at radius 2 is 1.79 bits per heavy atom. The van der Waals surface area contributed by atoms with E-state index in [1.807, 2.05) is 36.4 Å². The largest absolute Gasteiger partial charge is 0.497 e. The fourth-order valence-electron chi connectivity index (χ4n) is 4.55. The van der Waals surface area contributed by atoms with Gasteiger partial charge in [0.1, 0.15) is 36.6 Å². The highest BCUT2D eigenvalue weighted by Gasteiger charge is 2.19. The molecule has 4 rings (SSSR count). The summed E-state index contributed by atoms with van der Waals surface area (Å²) in [6, 6.07) is 20.8. The van der Waals surface area contributed by atoms with E-state index in [2.05, 4.69) is 22.2 Å². The Kier molecular flexibility index (Phi) is 9.49. The first kappa shape index (κ1) is 27.8. The molecule has 3 aromatic carbocycles. The molecule has 1 aliphatic carbocycles. The van der Waals surface area contributed by atoms with Gasteiger partial charge >= 0.3 is 0 Å². The first-order valence-electron chi connectivity index (χ1n) is 12.7. The fraction of sp³-hybridized carbons (Fsp3) is 0.379. The van der Waals surface area contributed by atoms with Crippen molar-refractivity contribution >= 4 is 15.7 Å². The summed E-state index contributed by atoms with van der Waals surface area (Å²) in [4.78, 5) is 0. The smallest absolute Gasteiger partial charge is 0.229 e. The number of fused-ring (bicyclic) bond motifs is 1. The molecule has 1 unspecified atom stereocenters. The predicted molar refractivity (Wildman–Crippen MR) is 149 cm³/mol. The second-order valence-electron chi connectivity index (χ2n) is 9.67. The van der Waals surface area contributed by atoms with Gasteiger partial charge in [-0.25, -0.2) is 8.42 Å². The third-order valence-corrected chi connectivity index (χ3v) is 7.07. The number of aliphatic hydroxyl groups is 1. The van der Waals surface area contributed by atoms with Crippen LogP contribution in [0.15, 0.2) is 66.7 Å². The van der Waals surface area contributed by atoms with Crippen LogP contribution in [0.1, 0.15) is 23.1 Å². The molecule has 0 radical (unpaired) electrons. The summed E-state index contributed by atoms with van der Waals surface area (Å²) >= 11 is 0. The van der Waals surface area contributed by atoms with Gasteiger partial charge in [-0.15, -0.1) is 0 Å². The lowest BCUT2D eigenvalue weighted by atomic mass is 9.84. The second-order valence-corrected chi connectivity index (χ2v) is 11.4. The van der Waals surface area contributed by atoms with E-state index >= 15 is 0 Å². The van der Waals surface area contributed by atoms with Gasteiger partial charge in [-0.2, -0.15) is 0 Å². The van der Waals surface area contributed by atoms with Crippen LogP contribution in [0.5, 0.6) is 17.2 Å². The number of aryl methyl sites for hydroxylation is 1. The number of hydrogen-bond donors (Lipinski definition) is 3. The monoisotopic (exact) mass is 540 g/mol. The van der Waals surface area contributed by atoms with Crippen LogP contribution in [-0.4, -0.2) is 52.7 Å². The SMILES string of the molecule is COc1ccc2c(c1)CCC(CNC[C@H](O)COc1ccc(OCc3ccccc3)c(NS(C)(=O)=O)c1)C2. The van der Waals surface area contributed by atoms with Crippen molar-refractivity contribution in [2.75, 3.05) is 37.8 Å². The molecule has 0 saturated carbocycles. The van der Waals surface area contributed by atoms with Crippen LogP contribution in [0.4, 0.5) is 5.69 Å². The summed E-state index contributed by atoms with van der Waals surface area (Å²) < 4.78 is 43.2. The van der Waals surface area contributed by atoms with Crippen LogP contribution < -0.4 is 24.2 Å². The second kappa shape index (κ2) is 13.0. The maximum atomic E-state index is 11.9. The zero-order valence-corrected chi connectivity index (χ0v) is 22.7. The summed E-state index contributed by atoms with van der Waals surface area (Å²) in [7, 11) is -1.84. The molecule has 204 valence electrons. The molecular formula is C29H36N2O6S. The van der Waals surface area contributed by atoms with Crippen molar-refractivity contribution in [3.63, 3.8) is 0 Å². The molecule has 3 N–H and O–H groups in total. The molecule has 2 atom stereocenters. The molecule has 38 heavy (non-hydrogen) atoms. The number of ether oxygens (including phenoxy) is 3. The van der Waals surface area contributed by atoms with Crippen molar-refractivity contribution in [1.29, 1.82) is 0 Å². The average molecular weight is 541 g/mol. The minimum atomic E-state index is -3.53. The molecule has 0 amide bonds. The van der Waals surface area contributed by atoms with Gasteiger partial charge in [0.25, 0.3) is 0 Å². The van der Waals surface area contributed by atoms with Crippen LogP contribution in [0.2, 0.25) is 0 Å². The number of sulfonamides is 1. The van der Waals surface area contributed by atoms with Gasteiger partial charge in [-0.1, -0.05) is 36.4 Å². The van der Waals surface area contributed by atoms with E-state index in [0.717, 1.165) is 43.4 Å². The lowest BCUT2D eigenvalue weighted by Crippen LogP contribution is -2.35. The Morgan fingerprint density at radius 3 is 2.55 bits per heavy atom. The normalized spacial score (nSPS) is 15.8. The Balaban J connectivity index is 1.25. The molecule has 1 aliphatic rings. The van der Waals surface area contributed by atoms with E-state index in [-0.39, 0.29) is 12.3 Å².